The average molecular weight is 377 g/mol. The van der Waals surface area contributed by atoms with E-state index in [-0.39, 0.29) is 11.8 Å². The van der Waals surface area contributed by atoms with E-state index in [1.54, 1.807) is 17.9 Å². The van der Waals surface area contributed by atoms with Gasteiger partial charge < -0.3 is 15.0 Å². The first-order valence-electron chi connectivity index (χ1n) is 8.48. The molecule has 8 nitrogen and oxygen atoms in total. The number of carbonyl (C=O) groups excluding carboxylic acids is 2. The molecule has 26 heavy (non-hydrogen) atoms. The Labute approximate surface area is 156 Å². The fourth-order valence-electron chi connectivity index (χ4n) is 2.94. The highest BCUT2D eigenvalue weighted by Gasteiger charge is 2.22. The number of piperazine rings is 1. The zero-order valence-electron chi connectivity index (χ0n) is 15.0. The Hall–Kier alpha value is -2.39. The molecule has 0 atom stereocenters. The van der Waals surface area contributed by atoms with Crippen LogP contribution in [0.4, 0.5) is 0 Å². The summed E-state index contributed by atoms with van der Waals surface area (Å²) < 4.78 is 6.66. The molecule has 9 heteroatoms. The average Bonchev–Trinajstić information content (AvgIpc) is 3.31. The molecule has 1 saturated heterocycles. The number of nitrogens with zero attached hydrogens (tertiary/aromatic N) is 4. The third-order valence-corrected chi connectivity index (χ3v) is 5.06. The molecule has 3 heterocycles. The molecule has 0 saturated carbocycles. The summed E-state index contributed by atoms with van der Waals surface area (Å²) in [6, 6.07) is 1.86. The minimum atomic E-state index is -0.193. The first-order valence-corrected chi connectivity index (χ1v) is 9.42. The van der Waals surface area contributed by atoms with Gasteiger partial charge in [-0.05, 0) is 11.4 Å². The summed E-state index contributed by atoms with van der Waals surface area (Å²) in [5, 5.41) is 10.8. The zero-order valence-corrected chi connectivity index (χ0v) is 15.8. The lowest BCUT2D eigenvalue weighted by Gasteiger charge is -2.34. The van der Waals surface area contributed by atoms with Crippen molar-refractivity contribution in [1.82, 2.24) is 24.9 Å². The largest absolute Gasteiger partial charge is 0.479 e. The summed E-state index contributed by atoms with van der Waals surface area (Å²) in [5.74, 6) is 0.231. The van der Waals surface area contributed by atoms with Gasteiger partial charge in [0.05, 0.1) is 12.7 Å². The predicted molar refractivity (Wildman–Crippen MR) is 98.8 cm³/mol. The van der Waals surface area contributed by atoms with Crippen molar-refractivity contribution >= 4 is 23.2 Å². The van der Waals surface area contributed by atoms with Crippen molar-refractivity contribution in [2.24, 2.45) is 7.05 Å². The molecular weight excluding hydrogens is 354 g/mol. The minimum Gasteiger partial charge on any atom is -0.479 e. The Bertz CT molecular complexity index is 751. The molecular formula is C17H23N5O3S. The van der Waals surface area contributed by atoms with E-state index in [0.29, 0.717) is 31.1 Å². The number of ether oxygens (including phenoxy) is 1. The molecule has 0 aliphatic carbocycles. The summed E-state index contributed by atoms with van der Waals surface area (Å²) in [4.78, 5) is 28.7. The highest BCUT2D eigenvalue weighted by atomic mass is 32.1. The molecule has 0 unspecified atom stereocenters. The van der Waals surface area contributed by atoms with Gasteiger partial charge in [0, 0.05) is 57.9 Å². The van der Waals surface area contributed by atoms with E-state index < -0.39 is 0 Å². The number of carbonyl (C=O) groups is 2. The molecule has 1 fully saturated rings. The number of hydrogen-bond acceptors (Lipinski definition) is 6. The lowest BCUT2D eigenvalue weighted by molar-refractivity contribution is 0.0638. The van der Waals surface area contributed by atoms with Crippen molar-refractivity contribution in [3.05, 3.63) is 34.2 Å². The summed E-state index contributed by atoms with van der Waals surface area (Å²) >= 11 is 1.54. The van der Waals surface area contributed by atoms with E-state index in [1.165, 1.54) is 18.4 Å². The van der Waals surface area contributed by atoms with Gasteiger partial charge in [0.1, 0.15) is 5.56 Å². The Morgan fingerprint density at radius 1 is 1.31 bits per heavy atom. The van der Waals surface area contributed by atoms with Crippen LogP contribution in [0.1, 0.15) is 20.7 Å². The third-order valence-electron chi connectivity index (χ3n) is 4.37. The van der Waals surface area contributed by atoms with Crippen molar-refractivity contribution < 1.29 is 14.3 Å². The lowest BCUT2D eigenvalue weighted by atomic mass is 10.2. The van der Waals surface area contributed by atoms with Gasteiger partial charge in [-0.25, -0.2) is 0 Å². The maximum absolute atomic E-state index is 12.3. The van der Waals surface area contributed by atoms with Crippen LogP contribution >= 0.6 is 11.3 Å². The van der Waals surface area contributed by atoms with E-state index in [4.69, 9.17) is 4.74 Å². The first-order chi connectivity index (χ1) is 12.6. The summed E-state index contributed by atoms with van der Waals surface area (Å²) in [6.07, 6.45) is 1.64. The lowest BCUT2D eigenvalue weighted by Crippen LogP contribution is -2.50. The second-order valence-corrected chi connectivity index (χ2v) is 6.91. The Morgan fingerprint density at radius 2 is 2.08 bits per heavy atom. The zero-order chi connectivity index (χ0) is 18.5. The van der Waals surface area contributed by atoms with Gasteiger partial charge in [-0.1, -0.05) is 0 Å². The van der Waals surface area contributed by atoms with Crippen molar-refractivity contribution in [2.75, 3.05) is 46.4 Å². The van der Waals surface area contributed by atoms with Crippen LogP contribution in [0.3, 0.4) is 0 Å². The normalized spacial score (nSPS) is 15.1. The predicted octanol–water partition coefficient (Wildman–Crippen LogP) is 0.678. The minimum absolute atomic E-state index is 0.0999. The van der Waals surface area contributed by atoms with Crippen molar-refractivity contribution in [3.8, 4) is 5.88 Å². The topological polar surface area (TPSA) is 79.7 Å². The van der Waals surface area contributed by atoms with Crippen molar-refractivity contribution in [2.45, 2.75) is 0 Å². The Morgan fingerprint density at radius 3 is 2.73 bits per heavy atom. The maximum Gasteiger partial charge on any atom is 0.258 e. The molecule has 0 radical (unpaired) electrons. The van der Waals surface area contributed by atoms with E-state index in [0.717, 1.165) is 25.2 Å². The van der Waals surface area contributed by atoms with Gasteiger partial charge in [-0.3, -0.25) is 19.2 Å². The van der Waals surface area contributed by atoms with E-state index >= 15 is 0 Å². The monoisotopic (exact) mass is 377 g/mol. The summed E-state index contributed by atoms with van der Waals surface area (Å²) in [5.41, 5.74) is 1.20. The Kier molecular flexibility index (Phi) is 5.89. The second kappa shape index (κ2) is 8.33. The van der Waals surface area contributed by atoms with Gasteiger partial charge in [-0.2, -0.15) is 11.3 Å². The number of aryl methyl sites for hydroxylation is 1. The standard InChI is InChI=1S/C17H23N5O3S/c1-20-11-14(16(19-20)25-2)15(23)18-4-5-21-6-8-22(9-7-21)17(24)13-3-10-26-12-13/h3,10-12H,4-9H2,1-2H3,(H,18,23). The van der Waals surface area contributed by atoms with Crippen LogP contribution in [0.25, 0.3) is 0 Å². The van der Waals surface area contributed by atoms with Crippen LogP contribution in [0.5, 0.6) is 5.88 Å². The summed E-state index contributed by atoms with van der Waals surface area (Å²) in [6.45, 7) is 4.31. The molecule has 0 spiro atoms. The quantitative estimate of drug-likeness (QED) is 0.801. The fraction of sp³-hybridized carbons (Fsp3) is 0.471. The molecule has 1 N–H and O–H groups in total. The number of thiophene rings is 1. The summed E-state index contributed by atoms with van der Waals surface area (Å²) in [7, 11) is 3.24. The number of aromatic nitrogens is 2. The molecule has 2 aromatic heterocycles. The van der Waals surface area contributed by atoms with Crippen LogP contribution in [0, 0.1) is 0 Å². The third kappa shape index (κ3) is 4.23. The van der Waals surface area contributed by atoms with Crippen LogP contribution in [-0.4, -0.2) is 77.8 Å². The highest BCUT2D eigenvalue weighted by molar-refractivity contribution is 7.08. The van der Waals surface area contributed by atoms with Gasteiger partial charge in [0.25, 0.3) is 11.8 Å². The molecule has 2 amide bonds. The molecule has 140 valence electrons. The number of hydrogen-bond donors (Lipinski definition) is 1. The highest BCUT2D eigenvalue weighted by Crippen LogP contribution is 2.14. The molecule has 0 bridgehead atoms. The first kappa shape index (κ1) is 18.4. The van der Waals surface area contributed by atoms with Gasteiger partial charge in [-0.15, -0.1) is 5.10 Å². The molecule has 3 rings (SSSR count). The van der Waals surface area contributed by atoms with Crippen LogP contribution < -0.4 is 10.1 Å². The van der Waals surface area contributed by atoms with Gasteiger partial charge in [0.2, 0.25) is 5.88 Å². The number of amides is 2. The smallest absolute Gasteiger partial charge is 0.258 e. The molecule has 0 aromatic carbocycles. The fourth-order valence-corrected chi connectivity index (χ4v) is 3.57. The SMILES string of the molecule is COc1nn(C)cc1C(=O)NCCN1CCN(C(=O)c2ccsc2)CC1. The van der Waals surface area contributed by atoms with E-state index in [2.05, 4.69) is 15.3 Å². The molecule has 1 aliphatic heterocycles. The molecule has 1 aliphatic rings. The maximum atomic E-state index is 12.3. The van der Waals surface area contributed by atoms with Crippen LogP contribution in [0.2, 0.25) is 0 Å². The van der Waals surface area contributed by atoms with E-state index in [1.807, 2.05) is 21.7 Å². The van der Waals surface area contributed by atoms with Gasteiger partial charge >= 0.3 is 0 Å². The van der Waals surface area contributed by atoms with Crippen molar-refractivity contribution in [1.29, 1.82) is 0 Å². The van der Waals surface area contributed by atoms with Crippen LogP contribution in [0.15, 0.2) is 23.0 Å². The Balaban J connectivity index is 1.41. The number of nitrogens with one attached hydrogen (secondary N) is 1. The van der Waals surface area contributed by atoms with Gasteiger partial charge in [0.15, 0.2) is 0 Å². The molecule has 2 aromatic rings. The second-order valence-electron chi connectivity index (χ2n) is 6.13. The number of rotatable bonds is 6. The van der Waals surface area contributed by atoms with Crippen LogP contribution in [-0.2, 0) is 7.05 Å². The number of methoxy groups -OCH3 is 1. The van der Waals surface area contributed by atoms with E-state index in [9.17, 15) is 9.59 Å². The van der Waals surface area contributed by atoms with Crippen molar-refractivity contribution in [3.63, 3.8) is 0 Å².